The van der Waals surface area contributed by atoms with Crippen LogP contribution in [0.1, 0.15) is 69.2 Å². The molecule has 1 aromatic heterocycles. The summed E-state index contributed by atoms with van der Waals surface area (Å²) in [4.78, 5) is 26.9. The Hall–Kier alpha value is -1.59. The number of aryl methyl sites for hydroxylation is 1. The number of hydrogen-bond donors (Lipinski definition) is 0. The largest absolute Gasteiger partial charge is 0.345 e. The van der Waals surface area contributed by atoms with Gasteiger partial charge in [-0.1, -0.05) is 12.8 Å². The van der Waals surface area contributed by atoms with Crippen molar-refractivity contribution in [3.05, 3.63) is 16.3 Å². The summed E-state index contributed by atoms with van der Waals surface area (Å²) in [6.45, 7) is 1.60. The first kappa shape index (κ1) is 15.0. The van der Waals surface area contributed by atoms with Crippen molar-refractivity contribution in [1.82, 2.24) is 19.2 Å². The maximum absolute atomic E-state index is 12.5. The van der Waals surface area contributed by atoms with Gasteiger partial charge in [0, 0.05) is 38.0 Å². The van der Waals surface area contributed by atoms with Gasteiger partial charge in [0.15, 0.2) is 0 Å². The minimum atomic E-state index is 0.0116. The average Bonchev–Trinajstić information content (AvgIpc) is 3.20. The molecule has 126 valence electrons. The lowest BCUT2D eigenvalue weighted by Gasteiger charge is -2.33. The van der Waals surface area contributed by atoms with Crippen molar-refractivity contribution < 1.29 is 4.79 Å². The molecule has 0 aromatic carbocycles. The quantitative estimate of drug-likeness (QED) is 0.854. The molecule has 0 N–H and O–H groups in total. The Morgan fingerprint density at radius 3 is 2.52 bits per heavy atom. The van der Waals surface area contributed by atoms with Gasteiger partial charge in [-0.3, -0.25) is 9.36 Å². The lowest BCUT2D eigenvalue weighted by molar-refractivity contribution is -0.133. The summed E-state index contributed by atoms with van der Waals surface area (Å²) in [6, 6.07) is 0.306. The normalized spacial score (nSPS) is 26.0. The molecule has 6 nitrogen and oxygen atoms in total. The number of piperidine rings is 1. The minimum Gasteiger partial charge on any atom is -0.342 e. The highest BCUT2D eigenvalue weighted by Gasteiger charge is 2.37. The van der Waals surface area contributed by atoms with Crippen LogP contribution in [0.15, 0.2) is 4.79 Å². The Balaban J connectivity index is 1.60. The molecule has 2 heterocycles. The van der Waals surface area contributed by atoms with Crippen LogP contribution < -0.4 is 5.69 Å². The summed E-state index contributed by atoms with van der Waals surface area (Å²) in [5.41, 5.74) is 0.0116. The number of aromatic nitrogens is 3. The van der Waals surface area contributed by atoms with Crippen molar-refractivity contribution in [2.24, 2.45) is 13.0 Å². The molecular weight excluding hydrogens is 292 g/mol. The van der Waals surface area contributed by atoms with E-state index in [1.54, 1.807) is 7.05 Å². The molecule has 2 saturated carbocycles. The van der Waals surface area contributed by atoms with Crippen LogP contribution in [0.4, 0.5) is 0 Å². The predicted molar refractivity (Wildman–Crippen MR) is 86.3 cm³/mol. The van der Waals surface area contributed by atoms with Crippen LogP contribution >= 0.6 is 0 Å². The summed E-state index contributed by atoms with van der Waals surface area (Å²) >= 11 is 0. The zero-order valence-corrected chi connectivity index (χ0v) is 13.9. The molecule has 6 heteroatoms. The Morgan fingerprint density at radius 2 is 1.83 bits per heavy atom. The van der Waals surface area contributed by atoms with E-state index in [0.29, 0.717) is 11.9 Å². The van der Waals surface area contributed by atoms with Crippen LogP contribution in [-0.2, 0) is 11.8 Å². The van der Waals surface area contributed by atoms with E-state index >= 15 is 0 Å². The SMILES string of the molecule is Cn1nc(C2CCCN(C(=O)C3CC3)C2)n(C2CCCC2)c1=O. The van der Waals surface area contributed by atoms with Gasteiger partial charge in [-0.2, -0.15) is 5.10 Å². The summed E-state index contributed by atoms with van der Waals surface area (Å²) in [5, 5.41) is 4.56. The first-order chi connectivity index (χ1) is 11.1. The van der Waals surface area contributed by atoms with Crippen molar-refractivity contribution >= 4 is 5.91 Å². The average molecular weight is 318 g/mol. The fourth-order valence-corrected chi connectivity index (χ4v) is 4.26. The molecule has 1 aliphatic heterocycles. The number of amides is 1. The molecule has 3 aliphatic rings. The first-order valence-corrected chi connectivity index (χ1v) is 9.09. The third-order valence-corrected chi connectivity index (χ3v) is 5.70. The molecule has 1 amide bonds. The number of likely N-dealkylation sites (tertiary alicyclic amines) is 1. The van der Waals surface area contributed by atoms with Gasteiger partial charge in [0.25, 0.3) is 0 Å². The maximum atomic E-state index is 12.5. The van der Waals surface area contributed by atoms with Crippen molar-refractivity contribution in [3.63, 3.8) is 0 Å². The molecule has 4 rings (SSSR count). The molecule has 1 aromatic rings. The number of carbonyl (C=O) groups is 1. The van der Waals surface area contributed by atoms with Crippen LogP contribution in [0, 0.1) is 5.92 Å². The van der Waals surface area contributed by atoms with Gasteiger partial charge in [-0.05, 0) is 38.5 Å². The van der Waals surface area contributed by atoms with E-state index < -0.39 is 0 Å². The zero-order valence-electron chi connectivity index (χ0n) is 13.9. The molecule has 23 heavy (non-hydrogen) atoms. The molecule has 0 spiro atoms. The second-order valence-electron chi connectivity index (χ2n) is 7.47. The topological polar surface area (TPSA) is 60.1 Å². The highest BCUT2D eigenvalue weighted by Crippen LogP contribution is 2.35. The van der Waals surface area contributed by atoms with E-state index in [-0.39, 0.29) is 17.5 Å². The third kappa shape index (κ3) is 2.72. The van der Waals surface area contributed by atoms with Gasteiger partial charge in [0.1, 0.15) is 5.82 Å². The van der Waals surface area contributed by atoms with Crippen LogP contribution in [0.3, 0.4) is 0 Å². The molecule has 2 aliphatic carbocycles. The Kier molecular flexibility index (Phi) is 3.77. The van der Waals surface area contributed by atoms with E-state index in [1.807, 2.05) is 9.47 Å². The minimum absolute atomic E-state index is 0.0116. The van der Waals surface area contributed by atoms with Crippen LogP contribution in [0.2, 0.25) is 0 Å². The fourth-order valence-electron chi connectivity index (χ4n) is 4.26. The summed E-state index contributed by atoms with van der Waals surface area (Å²) in [6.07, 6.45) is 8.69. The number of rotatable bonds is 3. The Labute approximate surface area is 136 Å². The standard InChI is InChI=1S/C17H26N4O2/c1-19-17(23)21(14-6-2-3-7-14)15(18-19)13-5-4-10-20(11-13)16(22)12-8-9-12/h12-14H,2-11H2,1H3. The van der Waals surface area contributed by atoms with E-state index in [9.17, 15) is 9.59 Å². The predicted octanol–water partition coefficient (Wildman–Crippen LogP) is 1.81. The molecule has 1 unspecified atom stereocenters. The highest BCUT2D eigenvalue weighted by molar-refractivity contribution is 5.81. The monoisotopic (exact) mass is 318 g/mol. The van der Waals surface area contributed by atoms with Crippen molar-refractivity contribution in [3.8, 4) is 0 Å². The Morgan fingerprint density at radius 1 is 1.09 bits per heavy atom. The molecule has 1 atom stereocenters. The summed E-state index contributed by atoms with van der Waals surface area (Å²) in [7, 11) is 1.74. The fraction of sp³-hybridized carbons (Fsp3) is 0.824. The lowest BCUT2D eigenvalue weighted by atomic mass is 9.96. The van der Waals surface area contributed by atoms with E-state index in [0.717, 1.165) is 57.4 Å². The van der Waals surface area contributed by atoms with Crippen molar-refractivity contribution in [2.75, 3.05) is 13.1 Å². The highest BCUT2D eigenvalue weighted by atomic mass is 16.2. The van der Waals surface area contributed by atoms with Crippen molar-refractivity contribution in [1.29, 1.82) is 0 Å². The van der Waals surface area contributed by atoms with Gasteiger partial charge in [0.05, 0.1) is 0 Å². The van der Waals surface area contributed by atoms with E-state index in [1.165, 1.54) is 17.5 Å². The molecular formula is C17H26N4O2. The third-order valence-electron chi connectivity index (χ3n) is 5.70. The van der Waals surface area contributed by atoms with Crippen LogP contribution in [0.5, 0.6) is 0 Å². The number of carbonyl (C=O) groups excluding carboxylic acids is 1. The smallest absolute Gasteiger partial charge is 0.342 e. The molecule has 1 saturated heterocycles. The van der Waals surface area contributed by atoms with Gasteiger partial charge < -0.3 is 4.90 Å². The van der Waals surface area contributed by atoms with E-state index in [4.69, 9.17) is 0 Å². The number of nitrogens with zero attached hydrogens (tertiary/aromatic N) is 4. The van der Waals surface area contributed by atoms with Gasteiger partial charge in [-0.15, -0.1) is 0 Å². The van der Waals surface area contributed by atoms with Gasteiger partial charge >= 0.3 is 5.69 Å². The molecule has 0 bridgehead atoms. The molecule has 0 radical (unpaired) electrons. The van der Waals surface area contributed by atoms with E-state index in [2.05, 4.69) is 5.10 Å². The van der Waals surface area contributed by atoms with Crippen molar-refractivity contribution in [2.45, 2.75) is 63.3 Å². The zero-order chi connectivity index (χ0) is 16.0. The summed E-state index contributed by atoms with van der Waals surface area (Å²) < 4.78 is 3.43. The van der Waals surface area contributed by atoms with Gasteiger partial charge in [0.2, 0.25) is 5.91 Å². The first-order valence-electron chi connectivity index (χ1n) is 9.09. The second-order valence-corrected chi connectivity index (χ2v) is 7.47. The molecule has 3 fully saturated rings. The Bertz CT molecular complexity index is 652. The maximum Gasteiger partial charge on any atom is 0.345 e. The van der Waals surface area contributed by atoms with Gasteiger partial charge in [-0.25, -0.2) is 9.48 Å². The van der Waals surface area contributed by atoms with Crippen LogP contribution in [0.25, 0.3) is 0 Å². The van der Waals surface area contributed by atoms with Crippen LogP contribution in [-0.4, -0.2) is 38.2 Å². The lowest BCUT2D eigenvalue weighted by Crippen LogP contribution is -2.41. The number of hydrogen-bond acceptors (Lipinski definition) is 3. The summed E-state index contributed by atoms with van der Waals surface area (Å²) in [5.74, 6) is 1.72. The second kappa shape index (κ2) is 5.80.